The molecule has 3 nitrogen and oxygen atoms in total. The Labute approximate surface area is 158 Å². The van der Waals surface area contributed by atoms with E-state index in [4.69, 9.17) is 14.2 Å². The fourth-order valence-electron chi connectivity index (χ4n) is 4.75. The number of allylic oxidation sites excluding steroid dienone is 1. The summed E-state index contributed by atoms with van der Waals surface area (Å²) >= 11 is 0. The topological polar surface area (TPSA) is 27.7 Å². The molecule has 1 aromatic rings. The van der Waals surface area contributed by atoms with E-state index in [2.05, 4.69) is 46.8 Å². The van der Waals surface area contributed by atoms with E-state index in [1.165, 1.54) is 5.56 Å². The average molecular weight is 359 g/mol. The molecule has 0 bridgehead atoms. The summed E-state index contributed by atoms with van der Waals surface area (Å²) < 4.78 is 17.9. The van der Waals surface area contributed by atoms with E-state index in [0.717, 1.165) is 30.1 Å². The minimum atomic E-state index is -0.269. The Morgan fingerprint density at radius 3 is 2.46 bits per heavy atom. The molecule has 0 radical (unpaired) electrons. The van der Waals surface area contributed by atoms with Gasteiger partial charge in [0.25, 0.3) is 0 Å². The van der Waals surface area contributed by atoms with Crippen LogP contribution in [0, 0.1) is 23.7 Å². The summed E-state index contributed by atoms with van der Waals surface area (Å²) in [6.07, 6.45) is 6.98. The minimum absolute atomic E-state index is 0.269. The van der Waals surface area contributed by atoms with Gasteiger partial charge in [0.2, 0.25) is 0 Å². The van der Waals surface area contributed by atoms with Crippen LogP contribution in [0.2, 0.25) is 0 Å². The van der Waals surface area contributed by atoms with Crippen LogP contribution in [0.25, 0.3) is 0 Å². The maximum Gasteiger partial charge on any atom is 0.131 e. The summed E-state index contributed by atoms with van der Waals surface area (Å²) in [5.74, 6) is 5.34. The lowest BCUT2D eigenvalue weighted by Crippen LogP contribution is -2.49. The first-order chi connectivity index (χ1) is 12.3. The Kier molecular flexibility index (Phi) is 5.28. The Bertz CT molecular complexity index is 676. The maximum absolute atomic E-state index is 6.60. The standard InChI is InChI=1S/C23H34O3/c1-14(2)10-18-19-11-16(15(3)4)8-9-23(19,5)26-21-13-17(24-6)12-20(25-7)22(18)21/h8-9,12-16,18-19H,10-11H2,1-7H3/t16-,18+,19-,23-/m1/s1. The van der Waals surface area contributed by atoms with Crippen molar-refractivity contribution in [2.24, 2.45) is 23.7 Å². The molecule has 1 aromatic carbocycles. The van der Waals surface area contributed by atoms with Crippen LogP contribution in [0.4, 0.5) is 0 Å². The summed E-state index contributed by atoms with van der Waals surface area (Å²) in [4.78, 5) is 0. The van der Waals surface area contributed by atoms with E-state index in [1.54, 1.807) is 14.2 Å². The van der Waals surface area contributed by atoms with Crippen molar-refractivity contribution in [2.75, 3.05) is 14.2 Å². The van der Waals surface area contributed by atoms with E-state index in [-0.39, 0.29) is 5.60 Å². The summed E-state index contributed by atoms with van der Waals surface area (Å²) in [5.41, 5.74) is 0.956. The van der Waals surface area contributed by atoms with Crippen molar-refractivity contribution in [1.29, 1.82) is 0 Å². The van der Waals surface area contributed by atoms with Crippen LogP contribution < -0.4 is 14.2 Å². The summed E-state index contributed by atoms with van der Waals surface area (Å²) in [5, 5.41) is 0. The molecule has 4 atom stereocenters. The molecule has 0 saturated heterocycles. The third-order valence-electron chi connectivity index (χ3n) is 6.24. The van der Waals surface area contributed by atoms with Crippen LogP contribution in [0.15, 0.2) is 24.3 Å². The van der Waals surface area contributed by atoms with Crippen LogP contribution in [-0.2, 0) is 0 Å². The molecular formula is C23H34O3. The van der Waals surface area contributed by atoms with Crippen LogP contribution in [0.3, 0.4) is 0 Å². The third-order valence-corrected chi connectivity index (χ3v) is 6.24. The summed E-state index contributed by atoms with van der Waals surface area (Å²) in [7, 11) is 3.43. The van der Waals surface area contributed by atoms with Gasteiger partial charge in [-0.2, -0.15) is 0 Å². The van der Waals surface area contributed by atoms with E-state index in [1.807, 2.05) is 12.1 Å². The number of fused-ring (bicyclic) bond motifs is 2. The summed E-state index contributed by atoms with van der Waals surface area (Å²) in [6.45, 7) is 11.5. The van der Waals surface area contributed by atoms with Crippen molar-refractivity contribution < 1.29 is 14.2 Å². The van der Waals surface area contributed by atoms with Gasteiger partial charge in [-0.15, -0.1) is 0 Å². The first kappa shape index (κ1) is 19.1. The van der Waals surface area contributed by atoms with Crippen molar-refractivity contribution in [3.05, 3.63) is 29.8 Å². The third kappa shape index (κ3) is 3.33. The highest BCUT2D eigenvalue weighted by Crippen LogP contribution is 2.56. The zero-order valence-corrected chi connectivity index (χ0v) is 17.3. The minimum Gasteiger partial charge on any atom is -0.496 e. The van der Waals surface area contributed by atoms with Gasteiger partial charge in [0.1, 0.15) is 22.8 Å². The quantitative estimate of drug-likeness (QED) is 0.620. The lowest BCUT2D eigenvalue weighted by Gasteiger charge is -2.50. The molecule has 0 fully saturated rings. The van der Waals surface area contributed by atoms with E-state index < -0.39 is 0 Å². The molecule has 3 heteroatoms. The second-order valence-electron chi connectivity index (χ2n) is 8.87. The molecule has 0 N–H and O–H groups in total. The van der Waals surface area contributed by atoms with Gasteiger partial charge in [0.15, 0.2) is 0 Å². The Balaban J connectivity index is 2.13. The van der Waals surface area contributed by atoms with Gasteiger partial charge < -0.3 is 14.2 Å². The fraction of sp³-hybridized carbons (Fsp3) is 0.652. The first-order valence-electron chi connectivity index (χ1n) is 9.93. The highest BCUT2D eigenvalue weighted by molar-refractivity contribution is 5.55. The molecule has 0 spiro atoms. The highest BCUT2D eigenvalue weighted by atomic mass is 16.5. The number of rotatable bonds is 5. The van der Waals surface area contributed by atoms with Crippen LogP contribution in [0.1, 0.15) is 58.9 Å². The van der Waals surface area contributed by atoms with Crippen molar-refractivity contribution in [2.45, 2.75) is 59.0 Å². The maximum atomic E-state index is 6.60. The predicted octanol–water partition coefficient (Wildman–Crippen LogP) is 5.83. The molecule has 1 aliphatic heterocycles. The second-order valence-corrected chi connectivity index (χ2v) is 8.87. The molecule has 0 unspecified atom stereocenters. The van der Waals surface area contributed by atoms with Crippen molar-refractivity contribution in [3.63, 3.8) is 0 Å². The lowest BCUT2D eigenvalue weighted by molar-refractivity contribution is 0.00847. The largest absolute Gasteiger partial charge is 0.496 e. The van der Waals surface area contributed by atoms with E-state index in [9.17, 15) is 0 Å². The van der Waals surface area contributed by atoms with Gasteiger partial charge in [-0.25, -0.2) is 0 Å². The second kappa shape index (κ2) is 7.17. The molecule has 26 heavy (non-hydrogen) atoms. The van der Waals surface area contributed by atoms with Gasteiger partial charge in [-0.1, -0.05) is 33.8 Å². The number of methoxy groups -OCH3 is 2. The Hall–Kier alpha value is -1.64. The molecule has 0 aromatic heterocycles. The predicted molar refractivity (Wildman–Crippen MR) is 106 cm³/mol. The smallest absolute Gasteiger partial charge is 0.131 e. The van der Waals surface area contributed by atoms with Crippen molar-refractivity contribution in [1.82, 2.24) is 0 Å². The van der Waals surface area contributed by atoms with Crippen molar-refractivity contribution in [3.8, 4) is 17.2 Å². The molecule has 3 rings (SSSR count). The van der Waals surface area contributed by atoms with Gasteiger partial charge >= 0.3 is 0 Å². The molecule has 1 aliphatic carbocycles. The Morgan fingerprint density at radius 1 is 1.15 bits per heavy atom. The number of ether oxygens (including phenoxy) is 3. The number of hydrogen-bond acceptors (Lipinski definition) is 3. The number of hydrogen-bond donors (Lipinski definition) is 0. The zero-order valence-electron chi connectivity index (χ0n) is 17.3. The first-order valence-corrected chi connectivity index (χ1v) is 9.93. The van der Waals surface area contributed by atoms with Crippen LogP contribution in [0.5, 0.6) is 17.2 Å². The molecule has 0 saturated carbocycles. The fourth-order valence-corrected chi connectivity index (χ4v) is 4.75. The average Bonchev–Trinajstić information content (AvgIpc) is 2.58. The van der Waals surface area contributed by atoms with E-state index in [0.29, 0.717) is 29.6 Å². The Morgan fingerprint density at radius 2 is 1.88 bits per heavy atom. The van der Waals surface area contributed by atoms with E-state index >= 15 is 0 Å². The number of benzene rings is 1. The van der Waals surface area contributed by atoms with Gasteiger partial charge in [-0.05, 0) is 49.5 Å². The SMILES string of the molecule is COc1cc(OC)c2c(c1)O[C@]1(C)C=C[C@@H](C(C)C)C[C@@H]1[C@@H]2CC(C)C. The van der Waals surface area contributed by atoms with Gasteiger partial charge in [0, 0.05) is 23.6 Å². The molecule has 0 amide bonds. The van der Waals surface area contributed by atoms with Crippen LogP contribution >= 0.6 is 0 Å². The molecular weight excluding hydrogens is 324 g/mol. The molecule has 1 heterocycles. The monoisotopic (exact) mass is 358 g/mol. The van der Waals surface area contributed by atoms with Gasteiger partial charge in [0.05, 0.1) is 14.2 Å². The highest BCUT2D eigenvalue weighted by Gasteiger charge is 2.49. The lowest BCUT2D eigenvalue weighted by atomic mass is 9.63. The van der Waals surface area contributed by atoms with Crippen molar-refractivity contribution >= 4 is 0 Å². The molecule has 2 aliphatic rings. The van der Waals surface area contributed by atoms with Gasteiger partial charge in [-0.3, -0.25) is 0 Å². The van der Waals surface area contributed by atoms with Crippen LogP contribution in [-0.4, -0.2) is 19.8 Å². The summed E-state index contributed by atoms with van der Waals surface area (Å²) in [6, 6.07) is 4.02. The zero-order chi connectivity index (χ0) is 19.1. The normalized spacial score (nSPS) is 30.0. The molecule has 144 valence electrons.